The Morgan fingerprint density at radius 1 is 0.667 bits per heavy atom. The van der Waals surface area contributed by atoms with E-state index in [2.05, 4.69) is 84.6 Å². The van der Waals surface area contributed by atoms with E-state index in [-0.39, 0.29) is 0 Å². The summed E-state index contributed by atoms with van der Waals surface area (Å²) in [6, 6.07) is 22.3. The van der Waals surface area contributed by atoms with E-state index in [0.717, 1.165) is 13.0 Å². The molecule has 0 fully saturated rings. The van der Waals surface area contributed by atoms with Crippen molar-refractivity contribution in [3.8, 4) is 0 Å². The highest BCUT2D eigenvalue weighted by atomic mass is 15.0. The zero-order valence-electron chi connectivity index (χ0n) is 14.1. The predicted octanol–water partition coefficient (Wildman–Crippen LogP) is 4.51. The van der Waals surface area contributed by atoms with E-state index in [9.17, 15) is 0 Å². The second-order valence-electron chi connectivity index (χ2n) is 6.41. The first-order valence-corrected chi connectivity index (χ1v) is 8.75. The van der Waals surface area contributed by atoms with Gasteiger partial charge in [-0.05, 0) is 37.6 Å². The molecule has 0 aliphatic carbocycles. The van der Waals surface area contributed by atoms with Gasteiger partial charge in [0, 0.05) is 50.2 Å². The molecule has 24 heavy (non-hydrogen) atoms. The highest BCUT2D eigenvalue weighted by Gasteiger charge is 2.15. The van der Waals surface area contributed by atoms with Gasteiger partial charge in [0.2, 0.25) is 0 Å². The van der Waals surface area contributed by atoms with Gasteiger partial charge in [-0.2, -0.15) is 0 Å². The third-order valence-electron chi connectivity index (χ3n) is 5.30. The Kier molecular flexibility index (Phi) is 2.81. The number of hydrogen-bond donors (Lipinski definition) is 0. The molecule has 0 aliphatic rings. The summed E-state index contributed by atoms with van der Waals surface area (Å²) >= 11 is 0. The zero-order chi connectivity index (χ0) is 16.3. The van der Waals surface area contributed by atoms with Gasteiger partial charge in [-0.3, -0.25) is 0 Å². The maximum atomic E-state index is 2.43. The number of para-hydroxylation sites is 2. The van der Waals surface area contributed by atoms with Crippen LogP contribution in [0, 0.1) is 0 Å². The summed E-state index contributed by atoms with van der Waals surface area (Å²) in [5, 5.41) is 5.42. The Hall–Kier alpha value is -2.68. The predicted molar refractivity (Wildman–Crippen MR) is 107 cm³/mol. The Morgan fingerprint density at radius 3 is 1.71 bits per heavy atom. The molecule has 5 rings (SSSR count). The van der Waals surface area contributed by atoms with Crippen molar-refractivity contribution in [2.75, 3.05) is 0 Å². The quantitative estimate of drug-likeness (QED) is 0.425. The molecule has 0 unspecified atom stereocenters. The average Bonchev–Trinajstić information content (AvgIpc) is 3.11. The summed E-state index contributed by atoms with van der Waals surface area (Å²) < 4.78 is 4.87. The van der Waals surface area contributed by atoms with Crippen molar-refractivity contribution in [2.24, 2.45) is 0 Å². The van der Waals surface area contributed by atoms with E-state index in [1.807, 2.05) is 0 Å². The van der Waals surface area contributed by atoms with E-state index in [4.69, 9.17) is 0 Å². The van der Waals surface area contributed by atoms with E-state index in [0.29, 0.717) is 0 Å². The zero-order valence-corrected chi connectivity index (χ0v) is 14.1. The second kappa shape index (κ2) is 4.91. The molecular weight excluding hydrogens is 291 g/mol. The van der Waals surface area contributed by atoms with Crippen LogP contribution in [0.5, 0.6) is 0 Å². The fourth-order valence-corrected chi connectivity index (χ4v) is 4.27. The number of rotatable bonds is 2. The van der Waals surface area contributed by atoms with Crippen LogP contribution in [0.15, 0.2) is 60.7 Å². The van der Waals surface area contributed by atoms with E-state index in [1.165, 1.54) is 43.6 Å². The van der Waals surface area contributed by atoms with Gasteiger partial charge in [0.15, 0.2) is 0 Å². The van der Waals surface area contributed by atoms with Crippen LogP contribution in [0.4, 0.5) is 0 Å². The third kappa shape index (κ3) is 1.62. The van der Waals surface area contributed by atoms with Crippen LogP contribution in [0.25, 0.3) is 43.6 Å². The maximum absolute atomic E-state index is 2.43. The van der Waals surface area contributed by atoms with Crippen molar-refractivity contribution in [1.29, 1.82) is 0 Å². The number of aromatic nitrogens is 2. The molecule has 0 saturated carbocycles. The van der Waals surface area contributed by atoms with Crippen molar-refractivity contribution in [3.63, 3.8) is 0 Å². The van der Waals surface area contributed by atoms with E-state index >= 15 is 0 Å². The van der Waals surface area contributed by atoms with Crippen molar-refractivity contribution in [2.45, 2.75) is 19.9 Å². The van der Waals surface area contributed by atoms with Gasteiger partial charge in [-0.25, -0.2) is 0 Å². The molecule has 0 saturated heterocycles. The summed E-state index contributed by atoms with van der Waals surface area (Å²) in [7, 11) is 2.23. The monoisotopic (exact) mass is 310 g/mol. The number of hydrogen-bond acceptors (Lipinski definition) is 0. The highest BCUT2D eigenvalue weighted by molar-refractivity contribution is 6.18. The Bertz CT molecular complexity index is 1130. The smallest absolute Gasteiger partial charge is 0.127 e. The topological polar surface area (TPSA) is 9.86 Å². The summed E-state index contributed by atoms with van der Waals surface area (Å²) in [5.41, 5.74) is 5.33. The summed E-state index contributed by atoms with van der Waals surface area (Å²) in [5.74, 6) is 0. The third-order valence-corrected chi connectivity index (χ3v) is 5.30. The number of fused-ring (bicyclic) bond motifs is 6. The van der Waals surface area contributed by atoms with Crippen molar-refractivity contribution in [3.05, 3.63) is 60.7 Å². The first-order chi connectivity index (χ1) is 11.8. The SMILES string of the molecule is BCn1c2ccccc2c2cc3c(cc21)c1ccccc1n3CC. The molecule has 3 aromatic carbocycles. The minimum atomic E-state index is 0.988. The average molecular weight is 310 g/mol. The molecule has 0 aliphatic heterocycles. The Labute approximate surface area is 141 Å². The minimum absolute atomic E-state index is 0.988. The standard InChI is InChI=1S/C21H19BN2/c1-2-23-18-9-5-3-7-14(18)16-12-21-17(11-20(16)23)15-8-4-6-10-19(15)24(21)13-22/h3-12H,2,13,22H2,1H3. The van der Waals surface area contributed by atoms with Crippen molar-refractivity contribution >= 4 is 51.5 Å². The van der Waals surface area contributed by atoms with E-state index in [1.54, 1.807) is 0 Å². The highest BCUT2D eigenvalue weighted by Crippen LogP contribution is 2.36. The normalized spacial score (nSPS) is 12.0. The lowest BCUT2D eigenvalue weighted by Gasteiger charge is -2.04. The first kappa shape index (κ1) is 13.7. The number of nitrogens with zero attached hydrogens (tertiary/aromatic N) is 2. The molecule has 2 nitrogen and oxygen atoms in total. The van der Waals surface area contributed by atoms with Crippen LogP contribution < -0.4 is 0 Å². The molecule has 0 bridgehead atoms. The molecule has 0 N–H and O–H groups in total. The summed E-state index contributed by atoms with van der Waals surface area (Å²) in [6.07, 6.45) is 0.988. The van der Waals surface area contributed by atoms with Gasteiger partial charge in [0.05, 0.1) is 0 Å². The summed E-state index contributed by atoms with van der Waals surface area (Å²) in [4.78, 5) is 0. The molecular formula is C21H19BN2. The fraction of sp³-hybridized carbons (Fsp3) is 0.143. The first-order valence-electron chi connectivity index (χ1n) is 8.75. The van der Waals surface area contributed by atoms with Crippen LogP contribution >= 0.6 is 0 Å². The van der Waals surface area contributed by atoms with Gasteiger partial charge in [-0.15, -0.1) is 0 Å². The maximum Gasteiger partial charge on any atom is 0.127 e. The molecule has 3 heteroatoms. The number of aryl methyl sites for hydroxylation is 1. The lowest BCUT2D eigenvalue weighted by molar-refractivity contribution is 0.827. The molecule has 2 heterocycles. The van der Waals surface area contributed by atoms with Gasteiger partial charge in [-0.1, -0.05) is 36.4 Å². The molecule has 0 amide bonds. The molecule has 5 aromatic rings. The van der Waals surface area contributed by atoms with E-state index < -0.39 is 0 Å². The van der Waals surface area contributed by atoms with Gasteiger partial charge in [0.25, 0.3) is 0 Å². The summed E-state index contributed by atoms with van der Waals surface area (Å²) in [6.45, 7) is 3.22. The Morgan fingerprint density at radius 2 is 1.17 bits per heavy atom. The van der Waals surface area contributed by atoms with Crippen LogP contribution in [0.1, 0.15) is 6.92 Å². The van der Waals surface area contributed by atoms with Gasteiger partial charge < -0.3 is 9.13 Å². The van der Waals surface area contributed by atoms with Crippen LogP contribution in [-0.2, 0) is 13.0 Å². The largest absolute Gasteiger partial charge is 0.349 e. The Balaban J connectivity index is 2.07. The van der Waals surface area contributed by atoms with Crippen LogP contribution in [-0.4, -0.2) is 17.0 Å². The van der Waals surface area contributed by atoms with Crippen molar-refractivity contribution < 1.29 is 0 Å². The lowest BCUT2D eigenvalue weighted by atomic mass is 10.1. The van der Waals surface area contributed by atoms with Crippen LogP contribution in [0.2, 0.25) is 0 Å². The lowest BCUT2D eigenvalue weighted by Crippen LogP contribution is -1.96. The van der Waals surface area contributed by atoms with Crippen molar-refractivity contribution in [1.82, 2.24) is 9.13 Å². The molecule has 0 atom stereocenters. The molecule has 116 valence electrons. The number of benzene rings is 3. The minimum Gasteiger partial charge on any atom is -0.349 e. The molecule has 0 radical (unpaired) electrons. The fourth-order valence-electron chi connectivity index (χ4n) is 4.27. The molecule has 0 spiro atoms. The van der Waals surface area contributed by atoms with Gasteiger partial charge >= 0.3 is 0 Å². The molecule has 2 aromatic heterocycles. The van der Waals surface area contributed by atoms with Gasteiger partial charge in [0.1, 0.15) is 7.85 Å². The second-order valence-corrected chi connectivity index (χ2v) is 6.41. The van der Waals surface area contributed by atoms with Crippen LogP contribution in [0.3, 0.4) is 0 Å².